The number of hydrogen-bond acceptors (Lipinski definition) is 5. The Balaban J connectivity index is 2.15. The third-order valence-corrected chi connectivity index (χ3v) is 4.34. The predicted molar refractivity (Wildman–Crippen MR) is 89.1 cm³/mol. The second kappa shape index (κ2) is 6.85. The summed E-state index contributed by atoms with van der Waals surface area (Å²) < 4.78 is 26.4. The van der Waals surface area contributed by atoms with Crippen molar-refractivity contribution in [2.24, 2.45) is 0 Å². The Morgan fingerprint density at radius 2 is 2.12 bits per heavy atom. The van der Waals surface area contributed by atoms with Crippen molar-refractivity contribution in [3.8, 4) is 17.5 Å². The van der Waals surface area contributed by atoms with Gasteiger partial charge in [-0.3, -0.25) is 0 Å². The standard InChI is InChI=1S/C18H18FN3O3/c1-24-18(23)16-15(21)11(9-20)10-22(16)14-8-4-7-13(19)17(14)25-12-5-2-3-6-12/h4,7-8,10,12H,2-3,5-6,21H2,1H3. The number of carbonyl (C=O) groups excluding carboxylic acids is 1. The Morgan fingerprint density at radius 3 is 2.76 bits per heavy atom. The molecule has 6 nitrogen and oxygen atoms in total. The summed E-state index contributed by atoms with van der Waals surface area (Å²) in [7, 11) is 1.21. The number of benzene rings is 1. The fraction of sp³-hybridized carbons (Fsp3) is 0.333. The number of ether oxygens (including phenoxy) is 2. The molecule has 2 N–H and O–H groups in total. The lowest BCUT2D eigenvalue weighted by atomic mass is 10.2. The molecule has 7 heteroatoms. The molecule has 0 bridgehead atoms. The van der Waals surface area contributed by atoms with Crippen LogP contribution >= 0.6 is 0 Å². The fourth-order valence-electron chi connectivity index (χ4n) is 3.08. The average Bonchev–Trinajstić information content (AvgIpc) is 3.23. The number of anilines is 1. The summed E-state index contributed by atoms with van der Waals surface area (Å²) in [4.78, 5) is 12.1. The van der Waals surface area contributed by atoms with E-state index < -0.39 is 11.8 Å². The highest BCUT2D eigenvalue weighted by atomic mass is 19.1. The number of methoxy groups -OCH3 is 1. The highest BCUT2D eigenvalue weighted by molar-refractivity contribution is 5.96. The summed E-state index contributed by atoms with van der Waals surface area (Å²) in [5.74, 6) is -1.21. The highest BCUT2D eigenvalue weighted by Crippen LogP contribution is 2.34. The van der Waals surface area contributed by atoms with Gasteiger partial charge < -0.3 is 19.8 Å². The highest BCUT2D eigenvalue weighted by Gasteiger charge is 2.26. The van der Waals surface area contributed by atoms with Crippen LogP contribution in [-0.4, -0.2) is 23.8 Å². The molecule has 1 aliphatic carbocycles. The van der Waals surface area contributed by atoms with E-state index in [0.717, 1.165) is 25.7 Å². The Kier molecular flexibility index (Phi) is 4.61. The van der Waals surface area contributed by atoms with Crippen molar-refractivity contribution >= 4 is 11.7 Å². The van der Waals surface area contributed by atoms with Crippen LogP contribution in [0.15, 0.2) is 24.4 Å². The van der Waals surface area contributed by atoms with Gasteiger partial charge in [0.1, 0.15) is 6.07 Å². The van der Waals surface area contributed by atoms with Gasteiger partial charge in [-0.1, -0.05) is 6.07 Å². The summed E-state index contributed by atoms with van der Waals surface area (Å²) in [5, 5.41) is 9.21. The number of rotatable bonds is 4. The van der Waals surface area contributed by atoms with Crippen molar-refractivity contribution in [3.63, 3.8) is 0 Å². The number of para-hydroxylation sites is 1. The summed E-state index contributed by atoms with van der Waals surface area (Å²) in [6, 6.07) is 6.34. The zero-order valence-corrected chi connectivity index (χ0v) is 13.8. The van der Waals surface area contributed by atoms with Crippen LogP contribution in [0, 0.1) is 17.1 Å². The molecule has 25 heavy (non-hydrogen) atoms. The van der Waals surface area contributed by atoms with E-state index >= 15 is 0 Å². The van der Waals surface area contributed by atoms with Crippen molar-refractivity contribution in [3.05, 3.63) is 41.5 Å². The zero-order valence-electron chi connectivity index (χ0n) is 13.8. The minimum Gasteiger partial charge on any atom is -0.485 e. The van der Waals surface area contributed by atoms with Crippen LogP contribution in [0.3, 0.4) is 0 Å². The molecule has 130 valence electrons. The maximum Gasteiger partial charge on any atom is 0.357 e. The number of esters is 1. The number of nitrogen functional groups attached to an aromatic ring is 1. The largest absolute Gasteiger partial charge is 0.485 e. The van der Waals surface area contributed by atoms with E-state index in [9.17, 15) is 14.4 Å². The van der Waals surface area contributed by atoms with E-state index in [1.165, 1.54) is 30.0 Å². The van der Waals surface area contributed by atoms with Gasteiger partial charge in [0.15, 0.2) is 17.3 Å². The number of nitrogens with two attached hydrogens (primary N) is 1. The SMILES string of the molecule is COC(=O)c1c(N)c(C#N)cn1-c1cccc(F)c1OC1CCCC1. The summed E-state index contributed by atoms with van der Waals surface area (Å²) in [6.07, 6.45) is 5.11. The molecule has 1 aromatic heterocycles. The zero-order chi connectivity index (χ0) is 18.0. The van der Waals surface area contributed by atoms with Gasteiger partial charge in [0.05, 0.1) is 30.2 Å². The second-order valence-corrected chi connectivity index (χ2v) is 5.89. The molecule has 1 aromatic carbocycles. The van der Waals surface area contributed by atoms with Gasteiger partial charge in [0.25, 0.3) is 0 Å². The molecule has 0 aliphatic heterocycles. The van der Waals surface area contributed by atoms with Crippen LogP contribution < -0.4 is 10.5 Å². The van der Waals surface area contributed by atoms with Crippen molar-refractivity contribution in [1.29, 1.82) is 5.26 Å². The van der Waals surface area contributed by atoms with Gasteiger partial charge in [-0.05, 0) is 37.8 Å². The second-order valence-electron chi connectivity index (χ2n) is 5.89. The van der Waals surface area contributed by atoms with Crippen LogP contribution in [-0.2, 0) is 4.74 Å². The van der Waals surface area contributed by atoms with Crippen molar-refractivity contribution in [2.45, 2.75) is 31.8 Å². The van der Waals surface area contributed by atoms with E-state index in [4.69, 9.17) is 15.2 Å². The van der Waals surface area contributed by atoms with Gasteiger partial charge in [-0.25, -0.2) is 9.18 Å². The molecule has 0 amide bonds. The fourth-order valence-corrected chi connectivity index (χ4v) is 3.08. The number of carbonyl (C=O) groups is 1. The first-order chi connectivity index (χ1) is 12.1. The quantitative estimate of drug-likeness (QED) is 0.861. The molecule has 0 unspecified atom stereocenters. The molecule has 1 heterocycles. The summed E-state index contributed by atoms with van der Waals surface area (Å²) in [5.41, 5.74) is 6.28. The minimum absolute atomic E-state index is 0.00886. The van der Waals surface area contributed by atoms with Crippen molar-refractivity contribution in [1.82, 2.24) is 4.57 Å². The molecule has 1 saturated carbocycles. The van der Waals surface area contributed by atoms with Crippen molar-refractivity contribution in [2.75, 3.05) is 12.8 Å². The third-order valence-electron chi connectivity index (χ3n) is 4.34. The van der Waals surface area contributed by atoms with Crippen LogP contribution in [0.1, 0.15) is 41.7 Å². The lowest BCUT2D eigenvalue weighted by Gasteiger charge is -2.18. The molecular weight excluding hydrogens is 325 g/mol. The Hall–Kier alpha value is -3.01. The lowest BCUT2D eigenvalue weighted by molar-refractivity contribution is 0.0593. The number of nitrogens with zero attached hydrogens (tertiary/aromatic N) is 2. The predicted octanol–water partition coefficient (Wildman–Crippen LogP) is 3.18. The first-order valence-corrected chi connectivity index (χ1v) is 8.01. The molecule has 1 aliphatic rings. The summed E-state index contributed by atoms with van der Waals surface area (Å²) >= 11 is 0. The average molecular weight is 343 g/mol. The molecule has 3 rings (SSSR count). The monoisotopic (exact) mass is 343 g/mol. The first kappa shape index (κ1) is 16.8. The van der Waals surface area contributed by atoms with E-state index in [1.54, 1.807) is 6.07 Å². The number of halogens is 1. The first-order valence-electron chi connectivity index (χ1n) is 8.01. The molecule has 0 spiro atoms. The van der Waals surface area contributed by atoms with Crippen LogP contribution in [0.2, 0.25) is 0 Å². The molecule has 1 fully saturated rings. The summed E-state index contributed by atoms with van der Waals surface area (Å²) in [6.45, 7) is 0. The van der Waals surface area contributed by atoms with E-state index in [0.29, 0.717) is 5.69 Å². The van der Waals surface area contributed by atoms with Gasteiger partial charge in [0.2, 0.25) is 0 Å². The van der Waals surface area contributed by atoms with E-state index in [1.807, 2.05) is 6.07 Å². The molecule has 2 aromatic rings. The molecule has 0 radical (unpaired) electrons. The smallest absolute Gasteiger partial charge is 0.357 e. The van der Waals surface area contributed by atoms with Crippen LogP contribution in [0.25, 0.3) is 5.69 Å². The van der Waals surface area contributed by atoms with Gasteiger partial charge in [-0.2, -0.15) is 5.26 Å². The van der Waals surface area contributed by atoms with Gasteiger partial charge >= 0.3 is 5.97 Å². The number of nitriles is 1. The number of hydrogen-bond donors (Lipinski definition) is 1. The minimum atomic E-state index is -0.713. The Labute approximate surface area is 144 Å². The third kappa shape index (κ3) is 3.03. The van der Waals surface area contributed by atoms with Gasteiger partial charge in [0, 0.05) is 6.20 Å². The topological polar surface area (TPSA) is 90.3 Å². The van der Waals surface area contributed by atoms with Crippen LogP contribution in [0.4, 0.5) is 10.1 Å². The van der Waals surface area contributed by atoms with Crippen LogP contribution in [0.5, 0.6) is 5.75 Å². The van der Waals surface area contributed by atoms with E-state index in [2.05, 4.69) is 0 Å². The number of aromatic nitrogens is 1. The Morgan fingerprint density at radius 1 is 1.40 bits per heavy atom. The van der Waals surface area contributed by atoms with Gasteiger partial charge in [-0.15, -0.1) is 0 Å². The molecule has 0 saturated heterocycles. The molecule has 0 atom stereocenters. The maximum absolute atomic E-state index is 14.4. The molecular formula is C18H18FN3O3. The lowest BCUT2D eigenvalue weighted by Crippen LogP contribution is -2.16. The Bertz CT molecular complexity index is 848. The maximum atomic E-state index is 14.4. The van der Waals surface area contributed by atoms with Crippen molar-refractivity contribution < 1.29 is 18.7 Å². The normalized spacial score (nSPS) is 14.3. The van der Waals surface area contributed by atoms with E-state index in [-0.39, 0.29) is 28.8 Å².